The van der Waals surface area contributed by atoms with Crippen molar-refractivity contribution < 1.29 is 9.53 Å². The molecule has 0 saturated carbocycles. The number of fused-ring (bicyclic) bond motifs is 3. The number of aromatic nitrogens is 2. The monoisotopic (exact) mass is 408 g/mol. The van der Waals surface area contributed by atoms with Crippen LogP contribution in [-0.2, 0) is 13.1 Å². The Kier molecular flexibility index (Phi) is 4.64. The molecule has 6 nitrogen and oxygen atoms in total. The maximum Gasteiger partial charge on any atom is 0.271 e. The average molecular weight is 409 g/mol. The van der Waals surface area contributed by atoms with Gasteiger partial charge in [-0.3, -0.25) is 9.69 Å². The van der Waals surface area contributed by atoms with Gasteiger partial charge in [0.2, 0.25) is 0 Å². The van der Waals surface area contributed by atoms with E-state index < -0.39 is 0 Å². The zero-order valence-electron chi connectivity index (χ0n) is 16.6. The summed E-state index contributed by atoms with van der Waals surface area (Å²) in [7, 11) is 1.68. The van der Waals surface area contributed by atoms with Crippen molar-refractivity contribution in [3.05, 3.63) is 69.9 Å². The number of carbonyl (C=O) groups is 1. The zero-order chi connectivity index (χ0) is 20.0. The lowest BCUT2D eigenvalue weighted by molar-refractivity contribution is 0.0553. The lowest BCUT2D eigenvalue weighted by Crippen LogP contribution is -2.49. The zero-order valence-corrected chi connectivity index (χ0v) is 17.4. The average Bonchev–Trinajstić information content (AvgIpc) is 3.45. The molecule has 1 amide bonds. The van der Waals surface area contributed by atoms with Gasteiger partial charge in [-0.2, -0.15) is 0 Å². The van der Waals surface area contributed by atoms with Gasteiger partial charge < -0.3 is 14.2 Å². The molecule has 5 rings (SSSR count). The van der Waals surface area contributed by atoms with Crippen LogP contribution in [0, 0.1) is 6.92 Å². The first-order valence-corrected chi connectivity index (χ1v) is 10.7. The van der Waals surface area contributed by atoms with Gasteiger partial charge in [-0.05, 0) is 36.8 Å². The number of hydrogen-bond donors (Lipinski definition) is 0. The van der Waals surface area contributed by atoms with Crippen LogP contribution in [0.15, 0.2) is 48.0 Å². The third-order valence-corrected chi connectivity index (χ3v) is 6.74. The lowest BCUT2D eigenvalue weighted by Gasteiger charge is -2.38. The highest BCUT2D eigenvalue weighted by Gasteiger charge is 2.44. The largest absolute Gasteiger partial charge is 0.497 e. The molecule has 2 atom stereocenters. The van der Waals surface area contributed by atoms with Gasteiger partial charge in [0.15, 0.2) is 0 Å². The Hall–Kier alpha value is -2.64. The van der Waals surface area contributed by atoms with E-state index in [1.54, 1.807) is 18.4 Å². The van der Waals surface area contributed by atoms with Crippen molar-refractivity contribution in [3.8, 4) is 5.75 Å². The fourth-order valence-corrected chi connectivity index (χ4v) is 5.16. The van der Waals surface area contributed by atoms with Crippen molar-refractivity contribution in [1.82, 2.24) is 19.4 Å². The van der Waals surface area contributed by atoms with Crippen LogP contribution >= 0.6 is 11.3 Å². The predicted molar refractivity (Wildman–Crippen MR) is 112 cm³/mol. The van der Waals surface area contributed by atoms with Gasteiger partial charge in [0.1, 0.15) is 11.4 Å². The van der Waals surface area contributed by atoms with E-state index in [1.807, 2.05) is 42.3 Å². The van der Waals surface area contributed by atoms with E-state index in [2.05, 4.69) is 32.0 Å². The van der Waals surface area contributed by atoms with E-state index in [4.69, 9.17) is 4.74 Å². The molecule has 3 aromatic rings. The van der Waals surface area contributed by atoms with E-state index in [0.29, 0.717) is 6.54 Å². The molecule has 1 saturated heterocycles. The Morgan fingerprint density at radius 1 is 1.14 bits per heavy atom. The van der Waals surface area contributed by atoms with Crippen LogP contribution in [0.2, 0.25) is 0 Å². The number of benzene rings is 1. The Bertz CT molecular complexity index is 1030. The van der Waals surface area contributed by atoms with Crippen molar-refractivity contribution in [2.45, 2.75) is 32.1 Å². The quantitative estimate of drug-likeness (QED) is 0.650. The SMILES string of the molecule is COc1ccc(CN2C[C@@H]3[C@@H](C2)n2cccc2C(=O)N3Cc2csc(C)n2)cc1. The molecule has 150 valence electrons. The first-order chi connectivity index (χ1) is 14.1. The standard InChI is InChI=1S/C22H24N4O2S/c1-15-23-17(14-29-15)11-26-21-13-24(10-16-5-7-18(28-2)8-6-16)12-20(21)25-9-3-4-19(25)22(26)27/h3-9,14,20-21H,10-13H2,1-2H3/t20-,21-/m1/s1. The molecule has 2 aliphatic rings. The summed E-state index contributed by atoms with van der Waals surface area (Å²) in [6, 6.07) is 12.6. The molecule has 1 aromatic carbocycles. The highest BCUT2D eigenvalue weighted by atomic mass is 32.1. The molecule has 2 aliphatic heterocycles. The molecule has 0 bridgehead atoms. The van der Waals surface area contributed by atoms with Gasteiger partial charge >= 0.3 is 0 Å². The topological polar surface area (TPSA) is 50.6 Å². The first-order valence-electron chi connectivity index (χ1n) is 9.86. The fourth-order valence-electron chi connectivity index (χ4n) is 4.55. The van der Waals surface area contributed by atoms with Crippen LogP contribution in [0.4, 0.5) is 0 Å². The number of likely N-dealkylation sites (tertiary alicyclic amines) is 1. The number of amides is 1. The lowest BCUT2D eigenvalue weighted by atomic mass is 10.1. The molecule has 1 fully saturated rings. The van der Waals surface area contributed by atoms with Gasteiger partial charge in [-0.25, -0.2) is 4.98 Å². The number of methoxy groups -OCH3 is 1. The third kappa shape index (κ3) is 3.34. The minimum atomic E-state index is 0.105. The van der Waals surface area contributed by atoms with E-state index in [0.717, 1.165) is 41.8 Å². The third-order valence-electron chi connectivity index (χ3n) is 5.92. The van der Waals surface area contributed by atoms with Crippen LogP contribution in [0.3, 0.4) is 0 Å². The molecular weight excluding hydrogens is 384 g/mol. The molecule has 0 radical (unpaired) electrons. The number of thiazole rings is 1. The van der Waals surface area contributed by atoms with Crippen molar-refractivity contribution in [2.75, 3.05) is 20.2 Å². The Labute approximate surface area is 174 Å². The van der Waals surface area contributed by atoms with Crippen LogP contribution in [0.1, 0.15) is 32.8 Å². The highest BCUT2D eigenvalue weighted by molar-refractivity contribution is 7.09. The second-order valence-electron chi connectivity index (χ2n) is 7.77. The predicted octanol–water partition coefficient (Wildman–Crippen LogP) is 3.34. The summed E-state index contributed by atoms with van der Waals surface area (Å²) >= 11 is 1.64. The summed E-state index contributed by atoms with van der Waals surface area (Å²) in [5, 5.41) is 3.10. The summed E-state index contributed by atoms with van der Waals surface area (Å²) in [5.74, 6) is 0.976. The van der Waals surface area contributed by atoms with Crippen LogP contribution in [0.5, 0.6) is 5.75 Å². The molecule has 4 heterocycles. The smallest absolute Gasteiger partial charge is 0.271 e. The van der Waals surface area contributed by atoms with Gasteiger partial charge in [-0.1, -0.05) is 12.1 Å². The van der Waals surface area contributed by atoms with Crippen molar-refractivity contribution >= 4 is 17.2 Å². The molecule has 7 heteroatoms. The van der Waals surface area contributed by atoms with Crippen LogP contribution in [0.25, 0.3) is 0 Å². The van der Waals surface area contributed by atoms with E-state index in [1.165, 1.54) is 5.56 Å². The van der Waals surface area contributed by atoms with Gasteiger partial charge in [0, 0.05) is 31.2 Å². The number of carbonyl (C=O) groups excluding carboxylic acids is 1. The van der Waals surface area contributed by atoms with E-state index in [9.17, 15) is 4.79 Å². The molecule has 0 N–H and O–H groups in total. The second-order valence-corrected chi connectivity index (χ2v) is 8.83. The number of aryl methyl sites for hydroxylation is 1. The minimum absolute atomic E-state index is 0.105. The van der Waals surface area contributed by atoms with Crippen molar-refractivity contribution in [3.63, 3.8) is 0 Å². The minimum Gasteiger partial charge on any atom is -0.497 e. The normalized spacial score (nSPS) is 21.3. The first kappa shape index (κ1) is 18.4. The molecule has 2 aromatic heterocycles. The molecular formula is C22H24N4O2S. The summed E-state index contributed by atoms with van der Waals surface area (Å²) in [5.41, 5.74) is 3.02. The Morgan fingerprint density at radius 3 is 2.66 bits per heavy atom. The van der Waals surface area contributed by atoms with Crippen LogP contribution in [-0.4, -0.2) is 51.5 Å². The fraction of sp³-hybridized carbons (Fsp3) is 0.364. The summed E-state index contributed by atoms with van der Waals surface area (Å²) in [4.78, 5) is 22.3. The molecule has 0 aliphatic carbocycles. The van der Waals surface area contributed by atoms with Gasteiger partial charge in [-0.15, -0.1) is 11.3 Å². The van der Waals surface area contributed by atoms with Crippen molar-refractivity contribution in [1.29, 1.82) is 0 Å². The molecule has 29 heavy (non-hydrogen) atoms. The highest BCUT2D eigenvalue weighted by Crippen LogP contribution is 2.35. The summed E-state index contributed by atoms with van der Waals surface area (Å²) in [6.45, 7) is 5.24. The maximum absolute atomic E-state index is 13.2. The maximum atomic E-state index is 13.2. The number of hydrogen-bond acceptors (Lipinski definition) is 5. The number of nitrogens with zero attached hydrogens (tertiary/aromatic N) is 4. The second kappa shape index (κ2) is 7.31. The summed E-state index contributed by atoms with van der Waals surface area (Å²) in [6.07, 6.45) is 2.05. The van der Waals surface area contributed by atoms with Gasteiger partial charge in [0.25, 0.3) is 5.91 Å². The van der Waals surface area contributed by atoms with Gasteiger partial charge in [0.05, 0.1) is 36.4 Å². The molecule has 0 spiro atoms. The van der Waals surface area contributed by atoms with E-state index >= 15 is 0 Å². The molecule has 0 unspecified atom stereocenters. The van der Waals surface area contributed by atoms with E-state index in [-0.39, 0.29) is 18.0 Å². The Morgan fingerprint density at radius 2 is 1.93 bits per heavy atom. The van der Waals surface area contributed by atoms with Crippen LogP contribution < -0.4 is 4.74 Å². The number of rotatable bonds is 5. The number of ether oxygens (including phenoxy) is 1. The summed E-state index contributed by atoms with van der Waals surface area (Å²) < 4.78 is 7.43. The van der Waals surface area contributed by atoms with Crippen molar-refractivity contribution in [2.24, 2.45) is 0 Å². The Balaban J connectivity index is 1.39.